The first-order chi connectivity index (χ1) is 13.8. The molecule has 5 rings (SSSR count). The number of halogens is 1. The molecule has 142 valence electrons. The molecule has 28 heavy (non-hydrogen) atoms. The second-order valence-corrected chi connectivity index (χ2v) is 8.08. The zero-order chi connectivity index (χ0) is 19.1. The van der Waals surface area contributed by atoms with E-state index in [2.05, 4.69) is 22.9 Å². The van der Waals surface area contributed by atoms with Crippen LogP contribution in [0.5, 0.6) is 0 Å². The molecule has 1 aromatic carbocycles. The summed E-state index contributed by atoms with van der Waals surface area (Å²) in [7, 11) is 0. The maximum atomic E-state index is 14.6. The van der Waals surface area contributed by atoms with E-state index >= 15 is 0 Å². The minimum atomic E-state index is -0.226. The quantitative estimate of drug-likeness (QED) is 0.627. The standard InChI is InChI=1S/C22H21FN4S/c1-2-15-14-28-22-25-20(17-9-5-6-12-24-17)21(27(15)22)19-11-7-13-26(19)18-10-4-3-8-16(18)23/h3-13,15,20-21H,2,14H2,1H3. The Hall–Kier alpha value is -2.60. The predicted octanol–water partition coefficient (Wildman–Crippen LogP) is 4.99. The zero-order valence-corrected chi connectivity index (χ0v) is 16.4. The highest BCUT2D eigenvalue weighted by Gasteiger charge is 2.46. The van der Waals surface area contributed by atoms with Crippen molar-refractivity contribution in [2.75, 3.05) is 5.75 Å². The largest absolute Gasteiger partial charge is 0.337 e. The molecule has 4 heterocycles. The van der Waals surface area contributed by atoms with E-state index in [0.717, 1.165) is 28.7 Å². The summed E-state index contributed by atoms with van der Waals surface area (Å²) in [5.41, 5.74) is 2.56. The molecule has 3 unspecified atom stereocenters. The number of hydrogen-bond acceptors (Lipinski definition) is 4. The Morgan fingerprint density at radius 3 is 2.75 bits per heavy atom. The van der Waals surface area contributed by atoms with Crippen LogP contribution in [0.3, 0.4) is 0 Å². The summed E-state index contributed by atoms with van der Waals surface area (Å²) in [5.74, 6) is 0.817. The summed E-state index contributed by atoms with van der Waals surface area (Å²) in [5, 5.41) is 1.08. The number of aliphatic imine (C=N–C) groups is 1. The van der Waals surface area contributed by atoms with Crippen molar-refractivity contribution >= 4 is 16.9 Å². The van der Waals surface area contributed by atoms with Gasteiger partial charge >= 0.3 is 0 Å². The summed E-state index contributed by atoms with van der Waals surface area (Å²) < 4.78 is 16.5. The molecule has 0 N–H and O–H groups in total. The van der Waals surface area contributed by atoms with E-state index in [-0.39, 0.29) is 17.9 Å². The number of fused-ring (bicyclic) bond motifs is 1. The number of nitrogens with zero attached hydrogens (tertiary/aromatic N) is 4. The molecule has 1 saturated heterocycles. The maximum absolute atomic E-state index is 14.6. The van der Waals surface area contributed by atoms with Gasteiger partial charge in [0.1, 0.15) is 17.9 Å². The van der Waals surface area contributed by atoms with Gasteiger partial charge in [-0.15, -0.1) is 0 Å². The van der Waals surface area contributed by atoms with Gasteiger partial charge in [0.2, 0.25) is 0 Å². The summed E-state index contributed by atoms with van der Waals surface area (Å²) in [6.45, 7) is 2.22. The van der Waals surface area contributed by atoms with Crippen molar-refractivity contribution in [3.8, 4) is 5.69 Å². The fourth-order valence-electron chi connectivity index (χ4n) is 4.17. The van der Waals surface area contributed by atoms with Gasteiger partial charge in [-0.05, 0) is 42.8 Å². The summed E-state index contributed by atoms with van der Waals surface area (Å²) in [6, 6.07) is 17.3. The van der Waals surface area contributed by atoms with Crippen LogP contribution in [0.2, 0.25) is 0 Å². The smallest absolute Gasteiger partial charge is 0.160 e. The highest BCUT2D eigenvalue weighted by molar-refractivity contribution is 8.14. The van der Waals surface area contributed by atoms with Crippen LogP contribution in [0.1, 0.15) is 36.8 Å². The Balaban J connectivity index is 1.65. The van der Waals surface area contributed by atoms with Crippen LogP contribution >= 0.6 is 11.8 Å². The molecular formula is C22H21FN4S. The van der Waals surface area contributed by atoms with Crippen molar-refractivity contribution in [3.63, 3.8) is 0 Å². The lowest BCUT2D eigenvalue weighted by atomic mass is 9.99. The maximum Gasteiger partial charge on any atom is 0.160 e. The SMILES string of the molecule is CCC1CSC2=NC(c3ccccn3)C(c3cccn3-c3ccccc3F)N21. The van der Waals surface area contributed by atoms with E-state index in [1.165, 1.54) is 6.07 Å². The Bertz CT molecular complexity index is 1020. The van der Waals surface area contributed by atoms with Crippen LogP contribution in [0.25, 0.3) is 5.69 Å². The van der Waals surface area contributed by atoms with Gasteiger partial charge in [-0.3, -0.25) is 9.98 Å². The molecule has 0 bridgehead atoms. The van der Waals surface area contributed by atoms with E-state index < -0.39 is 0 Å². The number of benzene rings is 1. The highest BCUT2D eigenvalue weighted by Crippen LogP contribution is 2.48. The van der Waals surface area contributed by atoms with Crippen molar-refractivity contribution in [1.29, 1.82) is 0 Å². The Morgan fingerprint density at radius 2 is 1.96 bits per heavy atom. The zero-order valence-electron chi connectivity index (χ0n) is 15.6. The van der Waals surface area contributed by atoms with Gasteiger partial charge in [-0.25, -0.2) is 4.39 Å². The topological polar surface area (TPSA) is 33.4 Å². The Morgan fingerprint density at radius 1 is 1.11 bits per heavy atom. The fraction of sp³-hybridized carbons (Fsp3) is 0.273. The molecule has 6 heteroatoms. The first kappa shape index (κ1) is 17.5. The number of para-hydroxylation sites is 1. The summed E-state index contributed by atoms with van der Waals surface area (Å²) in [6.07, 6.45) is 4.81. The van der Waals surface area contributed by atoms with Crippen LogP contribution in [-0.4, -0.2) is 31.4 Å². The third-order valence-electron chi connectivity index (χ3n) is 5.52. The van der Waals surface area contributed by atoms with Crippen LogP contribution in [0, 0.1) is 5.82 Å². The molecule has 4 nitrogen and oxygen atoms in total. The highest BCUT2D eigenvalue weighted by atomic mass is 32.2. The molecular weight excluding hydrogens is 371 g/mol. The molecule has 0 spiro atoms. The van der Waals surface area contributed by atoms with E-state index in [4.69, 9.17) is 4.99 Å². The van der Waals surface area contributed by atoms with E-state index in [0.29, 0.717) is 11.7 Å². The normalized spacial score (nSPS) is 23.7. The van der Waals surface area contributed by atoms with Crippen LogP contribution < -0.4 is 0 Å². The van der Waals surface area contributed by atoms with Crippen molar-refractivity contribution in [3.05, 3.63) is 84.2 Å². The second-order valence-electron chi connectivity index (χ2n) is 7.09. The second kappa shape index (κ2) is 7.09. The van der Waals surface area contributed by atoms with Gasteiger partial charge in [-0.2, -0.15) is 0 Å². The average Bonchev–Trinajstić information content (AvgIpc) is 3.43. The monoisotopic (exact) mass is 392 g/mol. The summed E-state index contributed by atoms with van der Waals surface area (Å²) in [4.78, 5) is 12.1. The number of pyridine rings is 1. The van der Waals surface area contributed by atoms with Gasteiger partial charge in [0.05, 0.1) is 11.4 Å². The van der Waals surface area contributed by atoms with Gasteiger partial charge < -0.3 is 9.47 Å². The number of rotatable bonds is 4. The van der Waals surface area contributed by atoms with Crippen LogP contribution in [0.4, 0.5) is 4.39 Å². The molecule has 0 aliphatic carbocycles. The minimum Gasteiger partial charge on any atom is -0.337 e. The van der Waals surface area contributed by atoms with Crippen molar-refractivity contribution in [1.82, 2.24) is 14.5 Å². The van der Waals surface area contributed by atoms with Crippen molar-refractivity contribution in [2.45, 2.75) is 31.5 Å². The molecule has 0 saturated carbocycles. The lowest BCUT2D eigenvalue weighted by Gasteiger charge is -2.32. The number of aromatic nitrogens is 2. The van der Waals surface area contributed by atoms with E-state index in [9.17, 15) is 4.39 Å². The van der Waals surface area contributed by atoms with Gasteiger partial charge in [-0.1, -0.05) is 36.9 Å². The predicted molar refractivity (Wildman–Crippen MR) is 111 cm³/mol. The van der Waals surface area contributed by atoms with Crippen molar-refractivity contribution < 1.29 is 4.39 Å². The van der Waals surface area contributed by atoms with Gasteiger partial charge in [0, 0.05) is 29.9 Å². The first-order valence-electron chi connectivity index (χ1n) is 9.60. The minimum absolute atomic E-state index is 0.000504. The molecule has 2 aromatic heterocycles. The average molecular weight is 393 g/mol. The number of hydrogen-bond donors (Lipinski definition) is 0. The molecule has 2 aliphatic rings. The first-order valence-corrected chi connectivity index (χ1v) is 10.6. The third kappa shape index (κ3) is 2.75. The van der Waals surface area contributed by atoms with Gasteiger partial charge in [0.25, 0.3) is 0 Å². The summed E-state index contributed by atoms with van der Waals surface area (Å²) >= 11 is 1.81. The molecule has 2 aliphatic heterocycles. The van der Waals surface area contributed by atoms with Crippen LogP contribution in [-0.2, 0) is 0 Å². The lowest BCUT2D eigenvalue weighted by Crippen LogP contribution is -2.36. The van der Waals surface area contributed by atoms with E-state index in [1.807, 2.05) is 65.1 Å². The lowest BCUT2D eigenvalue weighted by molar-refractivity contribution is 0.248. The molecule has 0 radical (unpaired) electrons. The Kier molecular flexibility index (Phi) is 4.43. The Labute approximate surface area is 168 Å². The van der Waals surface area contributed by atoms with E-state index in [1.54, 1.807) is 6.07 Å². The molecule has 0 amide bonds. The molecule has 3 aromatic rings. The molecule has 3 atom stereocenters. The van der Waals surface area contributed by atoms with Crippen LogP contribution in [0.15, 0.2) is 72.0 Å². The fourth-order valence-corrected chi connectivity index (χ4v) is 5.51. The number of amidine groups is 1. The third-order valence-corrected chi connectivity index (χ3v) is 6.65. The molecule has 1 fully saturated rings. The van der Waals surface area contributed by atoms with Gasteiger partial charge in [0.15, 0.2) is 5.17 Å². The number of thioether (sulfide) groups is 1. The van der Waals surface area contributed by atoms with Crippen molar-refractivity contribution in [2.24, 2.45) is 4.99 Å².